The molecule has 0 bridgehead atoms. The van der Waals surface area contributed by atoms with Crippen molar-refractivity contribution in [2.45, 2.75) is 0 Å². The van der Waals surface area contributed by atoms with Gasteiger partial charge in [-0.3, -0.25) is 0 Å². The molecule has 0 unspecified atom stereocenters. The molecule has 0 saturated heterocycles. The van der Waals surface area contributed by atoms with Crippen LogP contribution in [0.25, 0.3) is 5.69 Å². The molecule has 5 nitrogen and oxygen atoms in total. The predicted octanol–water partition coefficient (Wildman–Crippen LogP) is 1.53. The third-order valence-electron chi connectivity index (χ3n) is 2.24. The van der Waals surface area contributed by atoms with E-state index in [4.69, 9.17) is 5.26 Å². The van der Waals surface area contributed by atoms with Gasteiger partial charge in [0, 0.05) is 6.20 Å². The molecule has 2 aromatic rings. The van der Waals surface area contributed by atoms with Crippen LogP contribution >= 0.6 is 0 Å². The van der Waals surface area contributed by atoms with Gasteiger partial charge in [0.25, 0.3) is 0 Å². The van der Waals surface area contributed by atoms with E-state index in [1.165, 1.54) is 18.0 Å². The Balaban J connectivity index is 2.40. The van der Waals surface area contributed by atoms with Gasteiger partial charge in [0.1, 0.15) is 6.07 Å². The molecule has 0 amide bonds. The summed E-state index contributed by atoms with van der Waals surface area (Å²) in [4.78, 5) is 11.4. The number of hydrogen-bond acceptors (Lipinski definition) is 4. The maximum atomic E-state index is 11.4. The van der Waals surface area contributed by atoms with E-state index in [1.807, 2.05) is 6.07 Å². The highest BCUT2D eigenvalue weighted by Gasteiger charge is 2.07. The molecule has 17 heavy (non-hydrogen) atoms. The fourth-order valence-corrected chi connectivity index (χ4v) is 1.41. The first kappa shape index (κ1) is 10.9. The lowest BCUT2D eigenvalue weighted by Gasteiger charge is -2.03. The number of hydrogen-bond donors (Lipinski definition) is 0. The first-order valence-electron chi connectivity index (χ1n) is 4.88. The van der Waals surface area contributed by atoms with Crippen molar-refractivity contribution in [1.29, 1.82) is 5.26 Å². The number of nitrogens with zero attached hydrogens (tertiary/aromatic N) is 3. The number of benzene rings is 1. The van der Waals surface area contributed by atoms with Crippen molar-refractivity contribution in [2.24, 2.45) is 0 Å². The Labute approximate surface area is 97.9 Å². The van der Waals surface area contributed by atoms with Crippen molar-refractivity contribution in [3.63, 3.8) is 0 Å². The van der Waals surface area contributed by atoms with Gasteiger partial charge in [-0.05, 0) is 18.2 Å². The number of methoxy groups -OCH3 is 1. The van der Waals surface area contributed by atoms with Crippen LogP contribution in [0.2, 0.25) is 0 Å². The van der Waals surface area contributed by atoms with E-state index in [-0.39, 0.29) is 0 Å². The average Bonchev–Trinajstić information content (AvgIpc) is 2.86. The summed E-state index contributed by atoms with van der Waals surface area (Å²) in [6, 6.07) is 8.82. The normalized spacial score (nSPS) is 9.65. The Hall–Kier alpha value is -2.61. The number of aromatic nitrogens is 2. The summed E-state index contributed by atoms with van der Waals surface area (Å²) in [6.45, 7) is 0. The van der Waals surface area contributed by atoms with Gasteiger partial charge in [-0.2, -0.15) is 10.4 Å². The molecular formula is C12H9N3O2. The Morgan fingerprint density at radius 2 is 2.35 bits per heavy atom. The van der Waals surface area contributed by atoms with Crippen LogP contribution in [0.1, 0.15) is 15.9 Å². The summed E-state index contributed by atoms with van der Waals surface area (Å²) in [5.74, 6) is -0.403. The summed E-state index contributed by atoms with van der Waals surface area (Å²) >= 11 is 0. The van der Waals surface area contributed by atoms with E-state index in [9.17, 15) is 4.79 Å². The molecule has 0 spiro atoms. The van der Waals surface area contributed by atoms with Gasteiger partial charge in [-0.1, -0.05) is 6.07 Å². The van der Waals surface area contributed by atoms with Gasteiger partial charge in [-0.25, -0.2) is 9.48 Å². The van der Waals surface area contributed by atoms with Crippen molar-refractivity contribution in [3.8, 4) is 11.8 Å². The van der Waals surface area contributed by atoms with Crippen LogP contribution in [0.15, 0.2) is 36.7 Å². The maximum absolute atomic E-state index is 11.4. The smallest absolute Gasteiger partial charge is 0.337 e. The van der Waals surface area contributed by atoms with Gasteiger partial charge in [-0.15, -0.1) is 0 Å². The highest BCUT2D eigenvalue weighted by molar-refractivity contribution is 5.89. The predicted molar refractivity (Wildman–Crippen MR) is 59.6 cm³/mol. The van der Waals surface area contributed by atoms with E-state index in [2.05, 4.69) is 9.84 Å². The lowest BCUT2D eigenvalue weighted by molar-refractivity contribution is 0.0600. The third-order valence-corrected chi connectivity index (χ3v) is 2.24. The second-order valence-corrected chi connectivity index (χ2v) is 3.33. The van der Waals surface area contributed by atoms with Crippen LogP contribution < -0.4 is 0 Å². The molecule has 5 heteroatoms. The van der Waals surface area contributed by atoms with E-state index >= 15 is 0 Å². The topological polar surface area (TPSA) is 67.9 Å². The van der Waals surface area contributed by atoms with Crippen molar-refractivity contribution in [1.82, 2.24) is 9.78 Å². The number of rotatable bonds is 2. The lowest BCUT2D eigenvalue weighted by atomic mass is 10.2. The molecule has 1 heterocycles. The Morgan fingerprint density at radius 3 is 3.00 bits per heavy atom. The van der Waals surface area contributed by atoms with Crippen LogP contribution in [0, 0.1) is 11.3 Å². The Bertz CT molecular complexity index is 596. The van der Waals surface area contributed by atoms with Gasteiger partial charge in [0.05, 0.1) is 30.1 Å². The number of carbonyl (C=O) groups excluding carboxylic acids is 1. The zero-order valence-corrected chi connectivity index (χ0v) is 9.12. The van der Waals surface area contributed by atoms with Gasteiger partial charge in [0.2, 0.25) is 0 Å². The Kier molecular flexibility index (Phi) is 2.88. The second kappa shape index (κ2) is 4.49. The third kappa shape index (κ3) is 2.16. The molecule has 0 aliphatic carbocycles. The van der Waals surface area contributed by atoms with Crippen LogP contribution in [0.4, 0.5) is 0 Å². The van der Waals surface area contributed by atoms with E-state index in [0.717, 1.165) is 0 Å². The highest BCUT2D eigenvalue weighted by atomic mass is 16.5. The molecule has 0 fully saturated rings. The zero-order chi connectivity index (χ0) is 12.3. The van der Waals surface area contributed by atoms with Crippen molar-refractivity contribution in [2.75, 3.05) is 7.11 Å². The summed E-state index contributed by atoms with van der Waals surface area (Å²) in [6.07, 6.45) is 3.06. The minimum atomic E-state index is -0.403. The fraction of sp³-hybridized carbons (Fsp3) is 0.0833. The van der Waals surface area contributed by atoms with Crippen molar-refractivity contribution in [3.05, 3.63) is 47.8 Å². The maximum Gasteiger partial charge on any atom is 0.337 e. The van der Waals surface area contributed by atoms with Crippen molar-refractivity contribution >= 4 is 5.97 Å². The van der Waals surface area contributed by atoms with Crippen molar-refractivity contribution < 1.29 is 9.53 Å². The number of carbonyl (C=O) groups is 1. The quantitative estimate of drug-likeness (QED) is 0.729. The SMILES string of the molecule is COC(=O)c1cccc(-n2cc(C#N)cn2)c1. The zero-order valence-electron chi connectivity index (χ0n) is 9.12. The standard InChI is InChI=1S/C12H9N3O2/c1-17-12(16)10-3-2-4-11(5-10)15-8-9(6-13)7-14-15/h2-5,7-8H,1H3. The molecule has 84 valence electrons. The van der Waals surface area contributed by atoms with E-state index < -0.39 is 5.97 Å². The molecule has 0 atom stereocenters. The van der Waals surface area contributed by atoms with Crippen LogP contribution in [0.3, 0.4) is 0 Å². The monoisotopic (exact) mass is 227 g/mol. The molecule has 0 saturated carbocycles. The first-order chi connectivity index (χ1) is 8.24. The molecule has 0 aliphatic heterocycles. The van der Waals surface area contributed by atoms with Gasteiger partial charge < -0.3 is 4.74 Å². The minimum Gasteiger partial charge on any atom is -0.465 e. The Morgan fingerprint density at radius 1 is 1.53 bits per heavy atom. The largest absolute Gasteiger partial charge is 0.465 e. The molecule has 0 radical (unpaired) electrons. The molecule has 1 aromatic heterocycles. The summed E-state index contributed by atoms with van der Waals surface area (Å²) in [5, 5.41) is 12.7. The van der Waals surface area contributed by atoms with Crippen LogP contribution in [-0.2, 0) is 4.74 Å². The molecule has 2 rings (SSSR count). The number of esters is 1. The summed E-state index contributed by atoms with van der Waals surface area (Å²) in [7, 11) is 1.33. The number of ether oxygens (including phenoxy) is 1. The van der Waals surface area contributed by atoms with Gasteiger partial charge in [0.15, 0.2) is 0 Å². The van der Waals surface area contributed by atoms with E-state index in [0.29, 0.717) is 16.8 Å². The fourth-order valence-electron chi connectivity index (χ4n) is 1.41. The highest BCUT2D eigenvalue weighted by Crippen LogP contribution is 2.11. The lowest BCUT2D eigenvalue weighted by Crippen LogP contribution is -2.03. The van der Waals surface area contributed by atoms with Crippen LogP contribution in [0.5, 0.6) is 0 Å². The van der Waals surface area contributed by atoms with Crippen LogP contribution in [-0.4, -0.2) is 22.9 Å². The average molecular weight is 227 g/mol. The molecule has 1 aromatic carbocycles. The molecular weight excluding hydrogens is 218 g/mol. The van der Waals surface area contributed by atoms with Gasteiger partial charge >= 0.3 is 5.97 Å². The van der Waals surface area contributed by atoms with E-state index in [1.54, 1.807) is 30.5 Å². The minimum absolute atomic E-state index is 0.403. The number of nitriles is 1. The molecule has 0 N–H and O–H groups in total. The summed E-state index contributed by atoms with van der Waals surface area (Å²) < 4.78 is 6.17. The molecule has 0 aliphatic rings. The summed E-state index contributed by atoms with van der Waals surface area (Å²) in [5.41, 5.74) is 1.61. The second-order valence-electron chi connectivity index (χ2n) is 3.33. The first-order valence-corrected chi connectivity index (χ1v) is 4.88.